The van der Waals surface area contributed by atoms with Crippen LogP contribution in [0.15, 0.2) is 54.7 Å². The number of carbonyl (C=O) groups excluding carboxylic acids is 1. The molecule has 6 heteroatoms. The monoisotopic (exact) mass is 394 g/mol. The molecule has 5 nitrogen and oxygen atoms in total. The van der Waals surface area contributed by atoms with Crippen LogP contribution in [-0.4, -0.2) is 28.8 Å². The molecule has 1 fully saturated rings. The summed E-state index contributed by atoms with van der Waals surface area (Å²) in [6.07, 6.45) is 3.64. The topological polar surface area (TPSA) is 59.0 Å². The van der Waals surface area contributed by atoms with E-state index in [2.05, 4.69) is 15.7 Å². The third-order valence-electron chi connectivity index (χ3n) is 5.21. The minimum Gasteiger partial charge on any atom is -0.322 e. The van der Waals surface area contributed by atoms with Crippen molar-refractivity contribution < 1.29 is 4.79 Å². The Morgan fingerprint density at radius 1 is 1.18 bits per heavy atom. The largest absolute Gasteiger partial charge is 0.322 e. The Balaban J connectivity index is 1.70. The fourth-order valence-corrected chi connectivity index (χ4v) is 3.85. The van der Waals surface area contributed by atoms with Crippen molar-refractivity contribution in [3.63, 3.8) is 0 Å². The van der Waals surface area contributed by atoms with E-state index in [1.165, 1.54) is 0 Å². The molecule has 0 saturated carbocycles. The number of carbonyl (C=O) groups is 1. The first-order valence-electron chi connectivity index (χ1n) is 9.55. The van der Waals surface area contributed by atoms with Crippen LogP contribution in [0.2, 0.25) is 5.02 Å². The van der Waals surface area contributed by atoms with Crippen LogP contribution < -0.4 is 10.6 Å². The number of amides is 1. The number of rotatable bonds is 4. The summed E-state index contributed by atoms with van der Waals surface area (Å²) in [7, 11) is 0. The molecule has 2 N–H and O–H groups in total. The predicted octanol–water partition coefficient (Wildman–Crippen LogP) is 4.55. The van der Waals surface area contributed by atoms with Gasteiger partial charge in [-0.25, -0.2) is 4.68 Å². The zero-order chi connectivity index (χ0) is 19.5. The molecule has 1 aliphatic heterocycles. The van der Waals surface area contributed by atoms with Gasteiger partial charge < -0.3 is 10.6 Å². The van der Waals surface area contributed by atoms with Crippen molar-refractivity contribution in [2.24, 2.45) is 0 Å². The second kappa shape index (κ2) is 8.17. The van der Waals surface area contributed by atoms with E-state index in [-0.39, 0.29) is 11.8 Å². The van der Waals surface area contributed by atoms with E-state index >= 15 is 0 Å². The Morgan fingerprint density at radius 2 is 1.93 bits per heavy atom. The second-order valence-electron chi connectivity index (χ2n) is 7.13. The highest BCUT2D eigenvalue weighted by Gasteiger charge is 2.27. The van der Waals surface area contributed by atoms with Gasteiger partial charge in [0.05, 0.1) is 23.1 Å². The molecule has 0 spiro atoms. The molecule has 1 aliphatic rings. The normalized spacial score (nSPS) is 14.8. The van der Waals surface area contributed by atoms with Crippen LogP contribution in [0.5, 0.6) is 0 Å². The summed E-state index contributed by atoms with van der Waals surface area (Å²) < 4.78 is 1.91. The predicted molar refractivity (Wildman–Crippen MR) is 113 cm³/mol. The molecule has 0 unspecified atom stereocenters. The Morgan fingerprint density at radius 3 is 2.64 bits per heavy atom. The molecule has 0 atom stereocenters. The number of aromatic nitrogens is 2. The first-order chi connectivity index (χ1) is 13.6. The maximum Gasteiger partial charge on any atom is 0.259 e. The van der Waals surface area contributed by atoms with E-state index in [9.17, 15) is 4.79 Å². The van der Waals surface area contributed by atoms with Gasteiger partial charge in [-0.15, -0.1) is 0 Å². The van der Waals surface area contributed by atoms with Crippen molar-refractivity contribution in [1.29, 1.82) is 0 Å². The molecule has 0 radical (unpaired) electrons. The summed E-state index contributed by atoms with van der Waals surface area (Å²) in [4.78, 5) is 13.1. The number of anilines is 1. The summed E-state index contributed by atoms with van der Waals surface area (Å²) in [5, 5.41) is 11.6. The molecule has 2 heterocycles. The summed E-state index contributed by atoms with van der Waals surface area (Å²) in [5.41, 5.74) is 4.22. The van der Waals surface area contributed by atoms with Crippen molar-refractivity contribution >= 4 is 23.2 Å². The Labute approximate surface area is 169 Å². The molecule has 1 amide bonds. The van der Waals surface area contributed by atoms with Crippen LogP contribution in [-0.2, 0) is 0 Å². The van der Waals surface area contributed by atoms with Crippen molar-refractivity contribution in [3.8, 4) is 5.69 Å². The summed E-state index contributed by atoms with van der Waals surface area (Å²) >= 11 is 6.21. The Bertz CT molecular complexity index is 977. The maximum absolute atomic E-state index is 13.1. The zero-order valence-corrected chi connectivity index (χ0v) is 16.5. The standard InChI is InChI=1S/C22H23ClN4O/c1-15-7-8-17(13-20(15)23)26-22(28)19-14-25-27(18-5-3-2-4-6-18)21(19)16-9-11-24-12-10-16/h2-8,13-14,16,24H,9-12H2,1H3,(H,26,28). The van der Waals surface area contributed by atoms with E-state index in [1.807, 2.05) is 54.1 Å². The molecule has 3 aromatic rings. The van der Waals surface area contributed by atoms with Crippen LogP contribution in [0.3, 0.4) is 0 Å². The summed E-state index contributed by atoms with van der Waals surface area (Å²) in [6.45, 7) is 3.82. The van der Waals surface area contributed by atoms with Crippen LogP contribution in [0.4, 0.5) is 5.69 Å². The summed E-state index contributed by atoms with van der Waals surface area (Å²) in [6, 6.07) is 15.5. The van der Waals surface area contributed by atoms with E-state index in [0.717, 1.165) is 42.9 Å². The summed E-state index contributed by atoms with van der Waals surface area (Å²) in [5.74, 6) is 0.127. The lowest BCUT2D eigenvalue weighted by Crippen LogP contribution is -2.29. The second-order valence-corrected chi connectivity index (χ2v) is 7.54. The molecular weight excluding hydrogens is 372 g/mol. The average molecular weight is 395 g/mol. The Hall–Kier alpha value is -2.63. The molecular formula is C22H23ClN4O. The van der Waals surface area contributed by atoms with Crippen LogP contribution in [0.1, 0.15) is 40.4 Å². The molecule has 144 valence electrons. The Kier molecular flexibility index (Phi) is 5.46. The van der Waals surface area contributed by atoms with Crippen molar-refractivity contribution in [3.05, 3.63) is 76.6 Å². The van der Waals surface area contributed by atoms with E-state index in [4.69, 9.17) is 11.6 Å². The van der Waals surface area contributed by atoms with Crippen LogP contribution in [0.25, 0.3) is 5.69 Å². The molecule has 4 rings (SSSR count). The maximum atomic E-state index is 13.1. The minimum atomic E-state index is -0.157. The third kappa shape index (κ3) is 3.81. The number of piperidine rings is 1. The van der Waals surface area contributed by atoms with Crippen molar-refractivity contribution in [1.82, 2.24) is 15.1 Å². The average Bonchev–Trinajstić information content (AvgIpc) is 3.17. The first kappa shape index (κ1) is 18.7. The van der Waals surface area contributed by atoms with Gasteiger partial charge in [0.1, 0.15) is 0 Å². The molecule has 28 heavy (non-hydrogen) atoms. The fourth-order valence-electron chi connectivity index (χ4n) is 3.67. The van der Waals surface area contributed by atoms with Gasteiger partial charge in [0.25, 0.3) is 5.91 Å². The van der Waals surface area contributed by atoms with E-state index < -0.39 is 0 Å². The SMILES string of the molecule is Cc1ccc(NC(=O)c2cnn(-c3ccccc3)c2C2CCNCC2)cc1Cl. The molecule has 1 aromatic heterocycles. The minimum absolute atomic E-state index is 0.157. The van der Waals surface area contributed by atoms with E-state index in [1.54, 1.807) is 12.3 Å². The highest BCUT2D eigenvalue weighted by atomic mass is 35.5. The highest BCUT2D eigenvalue weighted by molar-refractivity contribution is 6.31. The van der Waals surface area contributed by atoms with Gasteiger partial charge in [0, 0.05) is 16.6 Å². The van der Waals surface area contributed by atoms with Crippen LogP contribution in [0, 0.1) is 6.92 Å². The molecule has 2 aromatic carbocycles. The van der Waals surface area contributed by atoms with Gasteiger partial charge in [0.2, 0.25) is 0 Å². The number of hydrogen-bond donors (Lipinski definition) is 2. The number of nitrogens with one attached hydrogen (secondary N) is 2. The van der Waals surface area contributed by atoms with Gasteiger partial charge in [-0.3, -0.25) is 4.79 Å². The fraction of sp³-hybridized carbons (Fsp3) is 0.273. The number of nitrogens with zero attached hydrogens (tertiary/aromatic N) is 2. The van der Waals surface area contributed by atoms with Gasteiger partial charge in [-0.1, -0.05) is 35.9 Å². The smallest absolute Gasteiger partial charge is 0.259 e. The lowest BCUT2D eigenvalue weighted by atomic mass is 9.91. The zero-order valence-electron chi connectivity index (χ0n) is 15.8. The highest BCUT2D eigenvalue weighted by Crippen LogP contribution is 2.31. The number of benzene rings is 2. The molecule has 1 saturated heterocycles. The van der Waals surface area contributed by atoms with Crippen LogP contribution >= 0.6 is 11.6 Å². The quantitative estimate of drug-likeness (QED) is 0.682. The number of halogens is 1. The van der Waals surface area contributed by atoms with Gasteiger partial charge in [-0.2, -0.15) is 5.10 Å². The number of para-hydroxylation sites is 1. The van der Waals surface area contributed by atoms with Crippen molar-refractivity contribution in [2.75, 3.05) is 18.4 Å². The number of hydrogen-bond acceptors (Lipinski definition) is 3. The van der Waals surface area contributed by atoms with E-state index in [0.29, 0.717) is 16.3 Å². The lowest BCUT2D eigenvalue weighted by molar-refractivity contribution is 0.102. The number of aryl methyl sites for hydroxylation is 1. The molecule has 0 bridgehead atoms. The third-order valence-corrected chi connectivity index (χ3v) is 5.61. The van der Waals surface area contributed by atoms with Gasteiger partial charge in [-0.05, 0) is 62.7 Å². The van der Waals surface area contributed by atoms with Crippen molar-refractivity contribution in [2.45, 2.75) is 25.7 Å². The molecule has 0 aliphatic carbocycles. The lowest BCUT2D eigenvalue weighted by Gasteiger charge is -2.24. The first-order valence-corrected chi connectivity index (χ1v) is 9.93. The van der Waals surface area contributed by atoms with Gasteiger partial charge in [0.15, 0.2) is 0 Å². The van der Waals surface area contributed by atoms with Gasteiger partial charge >= 0.3 is 0 Å².